The molecule has 0 atom stereocenters. The largest absolute Gasteiger partial charge is 0.311 e. The minimum atomic E-state index is 0.999. The Hall–Kier alpha value is -1.16. The molecule has 0 bridgehead atoms. The lowest BCUT2D eigenvalue weighted by atomic mass is 10.1. The molecule has 2 aromatic rings. The number of hydrogen-bond acceptors (Lipinski definition) is 3. The second-order valence-electron chi connectivity index (χ2n) is 5.17. The summed E-state index contributed by atoms with van der Waals surface area (Å²) in [4.78, 5) is 5.34. The Labute approximate surface area is 119 Å². The van der Waals surface area contributed by atoms with Gasteiger partial charge < -0.3 is 5.32 Å². The van der Waals surface area contributed by atoms with Gasteiger partial charge in [0.25, 0.3) is 0 Å². The maximum absolute atomic E-state index is 3.54. The fraction of sp³-hybridized carbons (Fsp3) is 0.375. The van der Waals surface area contributed by atoms with Crippen molar-refractivity contribution in [3.8, 4) is 0 Å². The zero-order valence-corrected chi connectivity index (χ0v) is 12.2. The molecule has 2 nitrogen and oxygen atoms in total. The third-order valence-corrected chi connectivity index (χ3v) is 4.61. The minimum Gasteiger partial charge on any atom is -0.311 e. The molecule has 0 aliphatic carbocycles. The van der Waals surface area contributed by atoms with Crippen molar-refractivity contribution in [2.24, 2.45) is 0 Å². The summed E-state index contributed by atoms with van der Waals surface area (Å²) in [5.41, 5.74) is 2.99. The lowest BCUT2D eigenvalue weighted by molar-refractivity contribution is 0.283. The molecule has 0 unspecified atom stereocenters. The van der Waals surface area contributed by atoms with Crippen molar-refractivity contribution in [3.05, 3.63) is 57.3 Å². The van der Waals surface area contributed by atoms with Gasteiger partial charge in [0.1, 0.15) is 0 Å². The van der Waals surface area contributed by atoms with Gasteiger partial charge in [-0.2, -0.15) is 0 Å². The van der Waals surface area contributed by atoms with E-state index in [0.717, 1.165) is 32.7 Å². The predicted molar refractivity (Wildman–Crippen MR) is 81.3 cm³/mol. The van der Waals surface area contributed by atoms with Gasteiger partial charge in [0, 0.05) is 42.5 Å². The Morgan fingerprint density at radius 3 is 2.47 bits per heavy atom. The first-order chi connectivity index (χ1) is 9.31. The number of thiophene rings is 1. The number of rotatable bonds is 5. The summed E-state index contributed by atoms with van der Waals surface area (Å²) < 4.78 is 0. The molecular formula is C16H20N2S. The van der Waals surface area contributed by atoms with Crippen LogP contribution in [0.4, 0.5) is 0 Å². The van der Waals surface area contributed by atoms with Crippen LogP contribution in [-0.4, -0.2) is 18.0 Å². The van der Waals surface area contributed by atoms with E-state index in [4.69, 9.17) is 0 Å². The van der Waals surface area contributed by atoms with Crippen molar-refractivity contribution in [2.75, 3.05) is 13.1 Å². The van der Waals surface area contributed by atoms with E-state index in [1.54, 1.807) is 0 Å². The van der Waals surface area contributed by atoms with E-state index in [9.17, 15) is 0 Å². The van der Waals surface area contributed by atoms with Crippen molar-refractivity contribution < 1.29 is 0 Å². The Morgan fingerprint density at radius 1 is 1.11 bits per heavy atom. The maximum Gasteiger partial charge on any atom is 0.0300 e. The van der Waals surface area contributed by atoms with Crippen LogP contribution in [0.2, 0.25) is 0 Å². The van der Waals surface area contributed by atoms with Crippen LogP contribution in [0.5, 0.6) is 0 Å². The summed E-state index contributed by atoms with van der Waals surface area (Å²) >= 11 is 1.88. The van der Waals surface area contributed by atoms with Crippen LogP contribution in [0.1, 0.15) is 20.9 Å². The average Bonchev–Trinajstić information content (AvgIpc) is 3.00. The highest BCUT2D eigenvalue weighted by Crippen LogP contribution is 2.21. The van der Waals surface area contributed by atoms with E-state index in [2.05, 4.69) is 53.5 Å². The van der Waals surface area contributed by atoms with Gasteiger partial charge >= 0.3 is 0 Å². The number of nitrogens with one attached hydrogen (secondary N) is 1. The standard InChI is InChI=1S/C16H20N2S/c1-13-6-7-16(19-13)10-17-8-9-18-11-14-4-2-3-5-15(14)12-18/h2-7,17H,8-12H2,1H3. The van der Waals surface area contributed by atoms with Gasteiger partial charge in [-0.1, -0.05) is 24.3 Å². The van der Waals surface area contributed by atoms with E-state index in [-0.39, 0.29) is 0 Å². The van der Waals surface area contributed by atoms with Crippen molar-refractivity contribution in [2.45, 2.75) is 26.6 Å². The van der Waals surface area contributed by atoms with E-state index >= 15 is 0 Å². The third-order valence-electron chi connectivity index (χ3n) is 3.61. The molecule has 0 amide bonds. The summed E-state index contributed by atoms with van der Waals surface area (Å²) in [6.45, 7) is 7.56. The Bertz CT molecular complexity index is 522. The molecular weight excluding hydrogens is 252 g/mol. The first kappa shape index (κ1) is 12.9. The molecule has 1 N–H and O–H groups in total. The Balaban J connectivity index is 1.40. The summed E-state index contributed by atoms with van der Waals surface area (Å²) in [7, 11) is 0. The lowest BCUT2D eigenvalue weighted by Gasteiger charge is -2.14. The van der Waals surface area contributed by atoms with Gasteiger partial charge in [-0.25, -0.2) is 0 Å². The Morgan fingerprint density at radius 2 is 1.84 bits per heavy atom. The highest BCUT2D eigenvalue weighted by atomic mass is 32.1. The maximum atomic E-state index is 3.54. The molecule has 1 aromatic carbocycles. The molecule has 0 radical (unpaired) electrons. The molecule has 1 aromatic heterocycles. The molecule has 0 saturated carbocycles. The average molecular weight is 272 g/mol. The highest BCUT2D eigenvalue weighted by molar-refractivity contribution is 7.11. The molecule has 1 aliphatic heterocycles. The van der Waals surface area contributed by atoms with Crippen LogP contribution < -0.4 is 5.32 Å². The molecule has 0 fully saturated rings. The third kappa shape index (κ3) is 3.24. The normalized spacial score (nSPS) is 14.8. The molecule has 100 valence electrons. The molecule has 3 rings (SSSR count). The molecule has 1 aliphatic rings. The molecule has 19 heavy (non-hydrogen) atoms. The lowest BCUT2D eigenvalue weighted by Crippen LogP contribution is -2.28. The summed E-state index contributed by atoms with van der Waals surface area (Å²) in [5, 5.41) is 3.54. The first-order valence-electron chi connectivity index (χ1n) is 6.86. The van der Waals surface area contributed by atoms with Crippen LogP contribution in [0.3, 0.4) is 0 Å². The van der Waals surface area contributed by atoms with Crippen LogP contribution in [0, 0.1) is 6.92 Å². The number of hydrogen-bond donors (Lipinski definition) is 1. The van der Waals surface area contributed by atoms with Gasteiger partial charge in [-0.3, -0.25) is 4.90 Å². The van der Waals surface area contributed by atoms with Gasteiger partial charge in [-0.15, -0.1) is 11.3 Å². The summed E-state index contributed by atoms with van der Waals surface area (Å²) in [6, 6.07) is 13.2. The SMILES string of the molecule is Cc1ccc(CNCCN2Cc3ccccc3C2)s1. The van der Waals surface area contributed by atoms with E-state index in [1.165, 1.54) is 20.9 Å². The van der Waals surface area contributed by atoms with Crippen molar-refractivity contribution >= 4 is 11.3 Å². The molecule has 2 heterocycles. The van der Waals surface area contributed by atoms with E-state index in [1.807, 2.05) is 11.3 Å². The predicted octanol–water partition coefficient (Wildman–Crippen LogP) is 3.16. The van der Waals surface area contributed by atoms with Crippen LogP contribution >= 0.6 is 11.3 Å². The van der Waals surface area contributed by atoms with Crippen LogP contribution in [0.15, 0.2) is 36.4 Å². The number of benzene rings is 1. The van der Waals surface area contributed by atoms with Gasteiger partial charge in [-0.05, 0) is 30.2 Å². The number of nitrogens with zero attached hydrogens (tertiary/aromatic N) is 1. The molecule has 0 saturated heterocycles. The van der Waals surface area contributed by atoms with Crippen LogP contribution in [-0.2, 0) is 19.6 Å². The van der Waals surface area contributed by atoms with Crippen molar-refractivity contribution in [1.29, 1.82) is 0 Å². The summed E-state index contributed by atoms with van der Waals surface area (Å²) in [6.07, 6.45) is 0. The van der Waals surface area contributed by atoms with Crippen molar-refractivity contribution in [3.63, 3.8) is 0 Å². The minimum absolute atomic E-state index is 0.999. The monoisotopic (exact) mass is 272 g/mol. The zero-order chi connectivity index (χ0) is 13.1. The highest BCUT2D eigenvalue weighted by Gasteiger charge is 2.16. The molecule has 0 spiro atoms. The Kier molecular flexibility index (Phi) is 3.97. The first-order valence-corrected chi connectivity index (χ1v) is 7.68. The van der Waals surface area contributed by atoms with Crippen LogP contribution in [0.25, 0.3) is 0 Å². The topological polar surface area (TPSA) is 15.3 Å². The van der Waals surface area contributed by atoms with Gasteiger partial charge in [0.05, 0.1) is 0 Å². The molecule has 3 heteroatoms. The zero-order valence-electron chi connectivity index (χ0n) is 11.4. The fourth-order valence-electron chi connectivity index (χ4n) is 2.59. The fourth-order valence-corrected chi connectivity index (χ4v) is 3.45. The number of fused-ring (bicyclic) bond motifs is 1. The number of aryl methyl sites for hydroxylation is 1. The van der Waals surface area contributed by atoms with E-state index < -0.39 is 0 Å². The second kappa shape index (κ2) is 5.87. The smallest absolute Gasteiger partial charge is 0.0300 e. The van der Waals surface area contributed by atoms with Crippen molar-refractivity contribution in [1.82, 2.24) is 10.2 Å². The van der Waals surface area contributed by atoms with E-state index in [0.29, 0.717) is 0 Å². The summed E-state index contributed by atoms with van der Waals surface area (Å²) in [5.74, 6) is 0. The van der Waals surface area contributed by atoms with Gasteiger partial charge in [0.2, 0.25) is 0 Å². The quantitative estimate of drug-likeness (QED) is 0.841. The van der Waals surface area contributed by atoms with Gasteiger partial charge in [0.15, 0.2) is 0 Å². The second-order valence-corrected chi connectivity index (χ2v) is 6.54.